The number of hydrogen-bond acceptors (Lipinski definition) is 4. The zero-order valence-electron chi connectivity index (χ0n) is 11.9. The Balaban J connectivity index is 2.12. The lowest BCUT2D eigenvalue weighted by Gasteiger charge is -2.42. The van der Waals surface area contributed by atoms with Gasteiger partial charge in [0, 0.05) is 37.9 Å². The summed E-state index contributed by atoms with van der Waals surface area (Å²) in [6, 6.07) is 5.00. The summed E-state index contributed by atoms with van der Waals surface area (Å²) in [6.07, 6.45) is 1.69. The number of piperazine rings is 1. The first-order valence-corrected chi connectivity index (χ1v) is 6.71. The number of pyridine rings is 1. The number of aromatic nitrogens is 1. The van der Waals surface area contributed by atoms with Crippen LogP contribution >= 0.6 is 0 Å². The molecule has 0 saturated carbocycles. The molecule has 0 aliphatic carbocycles. The van der Waals surface area contributed by atoms with E-state index in [2.05, 4.69) is 35.7 Å². The van der Waals surface area contributed by atoms with Gasteiger partial charge in [-0.25, -0.2) is 0 Å². The average molecular weight is 261 g/mol. The maximum atomic E-state index is 7.59. The van der Waals surface area contributed by atoms with Crippen molar-refractivity contribution in [1.29, 1.82) is 5.41 Å². The highest BCUT2D eigenvalue weighted by Crippen LogP contribution is 2.17. The number of amidine groups is 1. The Hall–Kier alpha value is -1.46. The number of likely N-dealkylation sites (N-methyl/N-ethyl adjacent to an activating group) is 1. The van der Waals surface area contributed by atoms with Crippen LogP contribution in [-0.2, 0) is 6.54 Å². The van der Waals surface area contributed by atoms with Gasteiger partial charge in [0.25, 0.3) is 0 Å². The van der Waals surface area contributed by atoms with Gasteiger partial charge in [0.15, 0.2) is 0 Å². The summed E-state index contributed by atoms with van der Waals surface area (Å²) in [5.41, 5.74) is 7.24. The highest BCUT2D eigenvalue weighted by atomic mass is 15.3. The van der Waals surface area contributed by atoms with Gasteiger partial charge in [0.05, 0.1) is 0 Å². The van der Waals surface area contributed by atoms with Crippen LogP contribution in [0.1, 0.15) is 25.1 Å². The lowest BCUT2D eigenvalue weighted by molar-refractivity contribution is 0.0555. The third-order valence-corrected chi connectivity index (χ3v) is 3.98. The summed E-state index contributed by atoms with van der Waals surface area (Å²) in [5, 5.41) is 7.59. The first kappa shape index (κ1) is 14.0. The third-order valence-electron chi connectivity index (χ3n) is 3.98. The molecule has 1 fully saturated rings. The Morgan fingerprint density at radius 1 is 1.42 bits per heavy atom. The lowest BCUT2D eigenvalue weighted by Crippen LogP contribution is -2.54. The van der Waals surface area contributed by atoms with Crippen LogP contribution in [0.5, 0.6) is 0 Å². The first-order valence-electron chi connectivity index (χ1n) is 6.71. The predicted molar refractivity (Wildman–Crippen MR) is 77.2 cm³/mol. The minimum atomic E-state index is 0.0471. The molecule has 2 heterocycles. The Bertz CT molecular complexity index is 447. The molecule has 2 atom stereocenters. The van der Waals surface area contributed by atoms with Gasteiger partial charge < -0.3 is 5.73 Å². The summed E-state index contributed by atoms with van der Waals surface area (Å²) in [4.78, 5) is 9.03. The van der Waals surface area contributed by atoms with Crippen molar-refractivity contribution in [2.45, 2.75) is 32.5 Å². The SMILES string of the molecule is CC1CN(Cc2cccnc2C(=N)N)CC(C)N1C. The quantitative estimate of drug-likeness (QED) is 0.626. The van der Waals surface area contributed by atoms with Gasteiger partial charge in [-0.05, 0) is 32.5 Å². The number of nitrogens with one attached hydrogen (secondary N) is 1. The Morgan fingerprint density at radius 3 is 2.63 bits per heavy atom. The molecule has 1 saturated heterocycles. The van der Waals surface area contributed by atoms with Crippen LogP contribution < -0.4 is 5.73 Å². The van der Waals surface area contributed by atoms with E-state index in [1.165, 1.54) is 0 Å². The summed E-state index contributed by atoms with van der Waals surface area (Å²) in [6.45, 7) is 7.38. The molecule has 0 bridgehead atoms. The first-order chi connectivity index (χ1) is 8.99. The van der Waals surface area contributed by atoms with Gasteiger partial charge in [0.2, 0.25) is 0 Å². The fourth-order valence-corrected chi connectivity index (χ4v) is 2.69. The van der Waals surface area contributed by atoms with Crippen molar-refractivity contribution >= 4 is 5.84 Å². The minimum Gasteiger partial charge on any atom is -0.382 e. The molecule has 2 rings (SSSR count). The van der Waals surface area contributed by atoms with E-state index < -0.39 is 0 Å². The maximum absolute atomic E-state index is 7.59. The van der Waals surface area contributed by atoms with Crippen molar-refractivity contribution < 1.29 is 0 Å². The van der Waals surface area contributed by atoms with E-state index in [4.69, 9.17) is 11.1 Å². The molecular formula is C14H23N5. The van der Waals surface area contributed by atoms with E-state index in [1.807, 2.05) is 12.1 Å². The number of rotatable bonds is 3. The molecule has 3 N–H and O–H groups in total. The Labute approximate surface area is 114 Å². The lowest BCUT2D eigenvalue weighted by atomic mass is 10.1. The smallest absolute Gasteiger partial charge is 0.142 e. The van der Waals surface area contributed by atoms with E-state index in [0.717, 1.165) is 25.2 Å². The number of hydrogen-bond donors (Lipinski definition) is 2. The summed E-state index contributed by atoms with van der Waals surface area (Å²) < 4.78 is 0. The van der Waals surface area contributed by atoms with Crippen LogP contribution in [0.25, 0.3) is 0 Å². The Kier molecular flexibility index (Phi) is 4.17. The van der Waals surface area contributed by atoms with Crippen LogP contribution in [-0.4, -0.2) is 52.8 Å². The van der Waals surface area contributed by atoms with Gasteiger partial charge >= 0.3 is 0 Å². The van der Waals surface area contributed by atoms with Crippen molar-refractivity contribution in [3.8, 4) is 0 Å². The van der Waals surface area contributed by atoms with Gasteiger partial charge in [0.1, 0.15) is 11.5 Å². The Morgan fingerprint density at radius 2 is 2.05 bits per heavy atom. The molecule has 19 heavy (non-hydrogen) atoms. The van der Waals surface area contributed by atoms with Crippen LogP contribution in [0.15, 0.2) is 18.3 Å². The number of nitrogen functional groups attached to an aromatic ring is 1. The molecule has 2 unspecified atom stereocenters. The minimum absolute atomic E-state index is 0.0471. The molecule has 1 aliphatic rings. The molecule has 104 valence electrons. The van der Waals surface area contributed by atoms with Gasteiger partial charge in [-0.15, -0.1) is 0 Å². The average Bonchev–Trinajstić information content (AvgIpc) is 2.36. The molecule has 0 amide bonds. The summed E-state index contributed by atoms with van der Waals surface area (Å²) >= 11 is 0. The van der Waals surface area contributed by atoms with Crippen LogP contribution in [0, 0.1) is 5.41 Å². The molecule has 1 aromatic heterocycles. The predicted octanol–water partition coefficient (Wildman–Crippen LogP) is 0.890. The molecule has 1 aromatic rings. The molecule has 0 spiro atoms. The fraction of sp³-hybridized carbons (Fsp3) is 0.571. The number of nitrogens with zero attached hydrogens (tertiary/aromatic N) is 3. The summed E-state index contributed by atoms with van der Waals surface area (Å²) in [7, 11) is 2.18. The van der Waals surface area contributed by atoms with Gasteiger partial charge in [-0.1, -0.05) is 6.07 Å². The molecule has 1 aliphatic heterocycles. The van der Waals surface area contributed by atoms with E-state index in [0.29, 0.717) is 17.8 Å². The largest absolute Gasteiger partial charge is 0.382 e. The molecule has 0 radical (unpaired) electrons. The van der Waals surface area contributed by atoms with E-state index in [9.17, 15) is 0 Å². The van der Waals surface area contributed by atoms with E-state index in [-0.39, 0.29) is 5.84 Å². The summed E-state index contributed by atoms with van der Waals surface area (Å²) in [5.74, 6) is 0.0471. The standard InChI is InChI=1S/C14H23N5/c1-10-7-19(8-11(2)18(10)3)9-12-5-4-6-17-13(12)14(15)16/h4-6,10-11H,7-9H2,1-3H3,(H3,15,16). The normalized spacial score (nSPS) is 25.4. The number of nitrogens with two attached hydrogens (primary N) is 1. The van der Waals surface area contributed by atoms with Crippen molar-refractivity contribution in [3.63, 3.8) is 0 Å². The van der Waals surface area contributed by atoms with Crippen molar-refractivity contribution in [2.24, 2.45) is 5.73 Å². The van der Waals surface area contributed by atoms with Crippen molar-refractivity contribution in [3.05, 3.63) is 29.6 Å². The molecule has 5 nitrogen and oxygen atoms in total. The monoisotopic (exact) mass is 261 g/mol. The van der Waals surface area contributed by atoms with Crippen molar-refractivity contribution in [2.75, 3.05) is 20.1 Å². The molecular weight excluding hydrogens is 238 g/mol. The highest BCUT2D eigenvalue weighted by molar-refractivity contribution is 5.94. The van der Waals surface area contributed by atoms with E-state index >= 15 is 0 Å². The maximum Gasteiger partial charge on any atom is 0.142 e. The second kappa shape index (κ2) is 5.67. The fourth-order valence-electron chi connectivity index (χ4n) is 2.69. The van der Waals surface area contributed by atoms with Crippen LogP contribution in [0.4, 0.5) is 0 Å². The van der Waals surface area contributed by atoms with Gasteiger partial charge in [-0.2, -0.15) is 0 Å². The van der Waals surface area contributed by atoms with Crippen molar-refractivity contribution in [1.82, 2.24) is 14.8 Å². The second-order valence-corrected chi connectivity index (χ2v) is 5.48. The second-order valence-electron chi connectivity index (χ2n) is 5.48. The topological polar surface area (TPSA) is 69.2 Å². The zero-order chi connectivity index (χ0) is 14.0. The third kappa shape index (κ3) is 3.11. The van der Waals surface area contributed by atoms with Gasteiger partial charge in [-0.3, -0.25) is 20.2 Å². The molecule has 0 aromatic carbocycles. The van der Waals surface area contributed by atoms with Crippen LogP contribution in [0.2, 0.25) is 0 Å². The zero-order valence-corrected chi connectivity index (χ0v) is 11.9. The molecule has 5 heteroatoms. The highest BCUT2D eigenvalue weighted by Gasteiger charge is 2.26. The van der Waals surface area contributed by atoms with Crippen LogP contribution in [0.3, 0.4) is 0 Å². The van der Waals surface area contributed by atoms with E-state index in [1.54, 1.807) is 6.20 Å².